The number of rotatable bonds is 4. The predicted molar refractivity (Wildman–Crippen MR) is 60.7 cm³/mol. The minimum absolute atomic E-state index is 0.00176. The lowest BCUT2D eigenvalue weighted by atomic mass is 9.94. The van der Waals surface area contributed by atoms with Crippen LogP contribution in [0, 0.1) is 6.57 Å². The molecular formula is C13H15NO. The zero-order valence-corrected chi connectivity index (χ0v) is 9.16. The fraction of sp³-hybridized carbons (Fsp3) is 0.385. The van der Waals surface area contributed by atoms with Crippen LogP contribution < -0.4 is 0 Å². The van der Waals surface area contributed by atoms with Gasteiger partial charge < -0.3 is 4.85 Å². The Labute approximate surface area is 90.8 Å². The van der Waals surface area contributed by atoms with Gasteiger partial charge in [-0.2, -0.15) is 0 Å². The van der Waals surface area contributed by atoms with E-state index in [9.17, 15) is 4.79 Å². The number of hydrogen-bond acceptors (Lipinski definition) is 1. The molecule has 0 saturated carbocycles. The van der Waals surface area contributed by atoms with Gasteiger partial charge in [0.25, 0.3) is 6.54 Å². The summed E-state index contributed by atoms with van der Waals surface area (Å²) in [6.45, 7) is 10.9. The first kappa shape index (κ1) is 11.5. The van der Waals surface area contributed by atoms with E-state index >= 15 is 0 Å². The highest BCUT2D eigenvalue weighted by atomic mass is 16.1. The number of carbonyl (C=O) groups excluding carboxylic acids is 1. The Balaban J connectivity index is 2.85. The van der Waals surface area contributed by atoms with Crippen molar-refractivity contribution in [3.63, 3.8) is 0 Å². The molecule has 0 fully saturated rings. The van der Waals surface area contributed by atoms with Gasteiger partial charge in [-0.15, -0.1) is 0 Å². The SMILES string of the molecule is [C-]#[N+]CC(=O)Cc1ccccc1C(C)C. The summed E-state index contributed by atoms with van der Waals surface area (Å²) in [7, 11) is 0. The molecule has 1 rings (SSSR count). The maximum atomic E-state index is 11.4. The van der Waals surface area contributed by atoms with Crippen LogP contribution in [-0.4, -0.2) is 12.3 Å². The summed E-state index contributed by atoms with van der Waals surface area (Å²) in [5.41, 5.74) is 2.26. The molecule has 0 N–H and O–H groups in total. The average Bonchev–Trinajstić information content (AvgIpc) is 2.18. The first-order chi connectivity index (χ1) is 7.15. The molecule has 0 atom stereocenters. The van der Waals surface area contributed by atoms with Crippen molar-refractivity contribution in [1.29, 1.82) is 0 Å². The highest BCUT2D eigenvalue weighted by Gasteiger charge is 2.11. The minimum Gasteiger partial charge on any atom is -0.309 e. The largest absolute Gasteiger partial charge is 0.309 e. The van der Waals surface area contributed by atoms with Crippen molar-refractivity contribution >= 4 is 5.78 Å². The van der Waals surface area contributed by atoms with Crippen molar-refractivity contribution in [2.45, 2.75) is 26.2 Å². The molecule has 0 heterocycles. The summed E-state index contributed by atoms with van der Waals surface area (Å²) in [5, 5.41) is 0. The van der Waals surface area contributed by atoms with E-state index in [1.807, 2.05) is 24.3 Å². The zero-order valence-electron chi connectivity index (χ0n) is 9.16. The van der Waals surface area contributed by atoms with E-state index in [1.165, 1.54) is 5.56 Å². The number of hydrogen-bond donors (Lipinski definition) is 0. The fourth-order valence-corrected chi connectivity index (χ4v) is 1.61. The third kappa shape index (κ3) is 3.21. The zero-order chi connectivity index (χ0) is 11.3. The summed E-state index contributed by atoms with van der Waals surface area (Å²) in [6, 6.07) is 7.94. The van der Waals surface area contributed by atoms with Gasteiger partial charge in [-0.1, -0.05) is 38.1 Å². The van der Waals surface area contributed by atoms with Crippen LogP contribution in [0.3, 0.4) is 0 Å². The Hall–Kier alpha value is -1.62. The molecule has 0 aliphatic heterocycles. The van der Waals surface area contributed by atoms with Crippen LogP contribution in [-0.2, 0) is 11.2 Å². The fourth-order valence-electron chi connectivity index (χ4n) is 1.61. The summed E-state index contributed by atoms with van der Waals surface area (Å²) in [4.78, 5) is 14.5. The van der Waals surface area contributed by atoms with Gasteiger partial charge in [0.05, 0.1) is 0 Å². The molecule has 0 bridgehead atoms. The number of carbonyl (C=O) groups is 1. The lowest BCUT2D eigenvalue weighted by Crippen LogP contribution is -2.08. The van der Waals surface area contributed by atoms with E-state index in [2.05, 4.69) is 18.7 Å². The Morgan fingerprint density at radius 2 is 2.07 bits per heavy atom. The van der Waals surface area contributed by atoms with Crippen LogP contribution in [0.1, 0.15) is 30.9 Å². The quantitative estimate of drug-likeness (QED) is 0.686. The smallest absolute Gasteiger partial charge is 0.272 e. The van der Waals surface area contributed by atoms with Crippen molar-refractivity contribution in [3.8, 4) is 0 Å². The Morgan fingerprint density at radius 3 is 2.67 bits per heavy atom. The summed E-state index contributed by atoms with van der Waals surface area (Å²) < 4.78 is 0. The molecule has 15 heavy (non-hydrogen) atoms. The van der Waals surface area contributed by atoms with Crippen LogP contribution in [0.5, 0.6) is 0 Å². The summed E-state index contributed by atoms with van der Waals surface area (Å²) in [6.07, 6.45) is 0.386. The second kappa shape index (κ2) is 5.31. The maximum absolute atomic E-state index is 11.4. The number of benzene rings is 1. The van der Waals surface area contributed by atoms with Gasteiger partial charge >= 0.3 is 0 Å². The standard InChI is InChI=1S/C13H15NO/c1-10(2)13-7-5-4-6-11(13)8-12(15)9-14-3/h4-7,10H,8-9H2,1-2H3. The number of ketones is 1. The van der Waals surface area contributed by atoms with E-state index in [-0.39, 0.29) is 12.3 Å². The van der Waals surface area contributed by atoms with Gasteiger partial charge in [0.2, 0.25) is 5.78 Å². The van der Waals surface area contributed by atoms with Crippen LogP contribution in [0.2, 0.25) is 0 Å². The van der Waals surface area contributed by atoms with Gasteiger partial charge in [-0.3, -0.25) is 4.79 Å². The van der Waals surface area contributed by atoms with Crippen molar-refractivity contribution < 1.29 is 4.79 Å². The monoisotopic (exact) mass is 201 g/mol. The molecule has 78 valence electrons. The Morgan fingerprint density at radius 1 is 1.40 bits per heavy atom. The molecule has 0 amide bonds. The molecule has 1 aromatic rings. The van der Waals surface area contributed by atoms with Gasteiger partial charge in [0.1, 0.15) is 0 Å². The third-order valence-electron chi connectivity index (χ3n) is 2.32. The third-order valence-corrected chi connectivity index (χ3v) is 2.32. The van der Waals surface area contributed by atoms with Crippen LogP contribution in [0.25, 0.3) is 4.85 Å². The summed E-state index contributed by atoms with van der Waals surface area (Å²) >= 11 is 0. The second-order valence-electron chi connectivity index (χ2n) is 3.89. The summed E-state index contributed by atoms with van der Waals surface area (Å²) in [5.74, 6) is 0.417. The number of nitrogens with zero attached hydrogens (tertiary/aromatic N) is 1. The predicted octanol–water partition coefficient (Wildman–Crippen LogP) is 2.84. The maximum Gasteiger partial charge on any atom is 0.272 e. The van der Waals surface area contributed by atoms with E-state index in [0.717, 1.165) is 5.56 Å². The van der Waals surface area contributed by atoms with Crippen molar-refractivity contribution in [3.05, 3.63) is 46.8 Å². The van der Waals surface area contributed by atoms with E-state index in [0.29, 0.717) is 12.3 Å². The van der Waals surface area contributed by atoms with Gasteiger partial charge in [0.15, 0.2) is 0 Å². The topological polar surface area (TPSA) is 21.4 Å². The van der Waals surface area contributed by atoms with Gasteiger partial charge in [-0.25, -0.2) is 6.57 Å². The van der Waals surface area contributed by atoms with Crippen LogP contribution >= 0.6 is 0 Å². The van der Waals surface area contributed by atoms with E-state index < -0.39 is 0 Å². The second-order valence-corrected chi connectivity index (χ2v) is 3.89. The van der Waals surface area contributed by atoms with Crippen molar-refractivity contribution in [2.24, 2.45) is 0 Å². The Kier molecular flexibility index (Phi) is 4.05. The first-order valence-corrected chi connectivity index (χ1v) is 5.08. The van der Waals surface area contributed by atoms with Gasteiger partial charge in [-0.05, 0) is 17.0 Å². The van der Waals surface area contributed by atoms with E-state index in [1.54, 1.807) is 0 Å². The van der Waals surface area contributed by atoms with Crippen LogP contribution in [0.4, 0.5) is 0 Å². The lowest BCUT2D eigenvalue weighted by molar-refractivity contribution is -0.116. The van der Waals surface area contributed by atoms with Crippen molar-refractivity contribution in [1.82, 2.24) is 0 Å². The molecule has 2 heteroatoms. The molecule has 1 aromatic carbocycles. The number of Topliss-reactive ketones (excluding diaryl/α,β-unsaturated/α-hetero) is 1. The highest BCUT2D eigenvalue weighted by Crippen LogP contribution is 2.19. The molecule has 0 unspecified atom stereocenters. The lowest BCUT2D eigenvalue weighted by Gasteiger charge is -2.10. The molecule has 0 radical (unpaired) electrons. The van der Waals surface area contributed by atoms with Crippen LogP contribution in [0.15, 0.2) is 24.3 Å². The minimum atomic E-state index is -0.00751. The normalized spacial score (nSPS) is 10.0. The van der Waals surface area contributed by atoms with Crippen molar-refractivity contribution in [2.75, 3.05) is 6.54 Å². The molecule has 0 saturated heterocycles. The molecule has 0 aliphatic rings. The average molecular weight is 201 g/mol. The molecular weight excluding hydrogens is 186 g/mol. The van der Waals surface area contributed by atoms with E-state index in [4.69, 9.17) is 6.57 Å². The highest BCUT2D eigenvalue weighted by molar-refractivity contribution is 5.84. The Bertz CT molecular complexity index is 388. The molecule has 0 aromatic heterocycles. The van der Waals surface area contributed by atoms with Gasteiger partial charge in [0, 0.05) is 6.42 Å². The molecule has 0 aliphatic carbocycles. The first-order valence-electron chi connectivity index (χ1n) is 5.08. The molecule has 2 nitrogen and oxygen atoms in total. The molecule has 0 spiro atoms.